The number of pyridine rings is 2. The largest absolute Gasteiger partial charge is 0.340 e. The lowest BCUT2D eigenvalue weighted by Gasteiger charge is -2.10. The molecule has 1 aliphatic heterocycles. The van der Waals surface area contributed by atoms with Crippen LogP contribution in [-0.2, 0) is 11.2 Å². The van der Waals surface area contributed by atoms with E-state index < -0.39 is 0 Å². The lowest BCUT2D eigenvalue weighted by molar-refractivity contribution is -0.115. The Balaban J connectivity index is 0.00000137. The molecule has 0 fully saturated rings. The number of H-pyrrole nitrogens is 2. The minimum Gasteiger partial charge on any atom is -0.340 e. The molecular formula is C28H28N8O. The maximum Gasteiger partial charge on any atom is 0.224 e. The van der Waals surface area contributed by atoms with Gasteiger partial charge in [-0.3, -0.25) is 24.9 Å². The molecule has 3 N–H and O–H groups in total. The van der Waals surface area contributed by atoms with Crippen molar-refractivity contribution in [2.24, 2.45) is 4.99 Å². The van der Waals surface area contributed by atoms with E-state index in [-0.39, 0.29) is 5.91 Å². The number of aliphatic imine (C=N–C) groups is 1. The van der Waals surface area contributed by atoms with Crippen molar-refractivity contribution in [3.05, 3.63) is 78.1 Å². The number of hydrogen-bond acceptors (Lipinski definition) is 6. The minimum atomic E-state index is -0.0491. The SMILES string of the molecule is CC.CCC(=O)Nc1cncc(-c2ccc3[nH]nc(-c4nc5c([nH]4)CCN=C5c4ccccn4)c3c2)c1. The topological polar surface area (TPSA) is 125 Å². The molecule has 9 heteroatoms. The number of carbonyl (C=O) groups is 1. The second kappa shape index (κ2) is 10.5. The summed E-state index contributed by atoms with van der Waals surface area (Å²) in [5, 5.41) is 11.5. The van der Waals surface area contributed by atoms with Gasteiger partial charge in [-0.15, -0.1) is 0 Å². The van der Waals surface area contributed by atoms with Gasteiger partial charge in [0.05, 0.1) is 23.1 Å². The fraction of sp³-hybridized carbons (Fsp3) is 0.214. The van der Waals surface area contributed by atoms with Crippen molar-refractivity contribution in [2.45, 2.75) is 33.6 Å². The van der Waals surface area contributed by atoms with E-state index >= 15 is 0 Å². The number of fused-ring (bicyclic) bond motifs is 2. The van der Waals surface area contributed by atoms with Crippen molar-refractivity contribution in [2.75, 3.05) is 11.9 Å². The Bertz CT molecular complexity index is 1580. The van der Waals surface area contributed by atoms with Crippen LogP contribution < -0.4 is 5.32 Å². The molecule has 0 aliphatic carbocycles. The van der Waals surface area contributed by atoms with Gasteiger partial charge in [0.15, 0.2) is 5.82 Å². The minimum absolute atomic E-state index is 0.0491. The summed E-state index contributed by atoms with van der Waals surface area (Å²) in [5.74, 6) is 0.637. The molecular weight excluding hydrogens is 464 g/mol. The van der Waals surface area contributed by atoms with E-state index in [2.05, 4.69) is 36.5 Å². The second-order valence-electron chi connectivity index (χ2n) is 8.30. The molecule has 186 valence electrons. The molecule has 5 heterocycles. The summed E-state index contributed by atoms with van der Waals surface area (Å²) in [6, 6.07) is 13.8. The highest BCUT2D eigenvalue weighted by Gasteiger charge is 2.23. The van der Waals surface area contributed by atoms with Gasteiger partial charge in [-0.2, -0.15) is 5.10 Å². The molecule has 0 saturated heterocycles. The third kappa shape index (κ3) is 4.75. The maximum absolute atomic E-state index is 11.8. The van der Waals surface area contributed by atoms with Crippen molar-refractivity contribution in [1.82, 2.24) is 30.1 Å². The number of nitrogens with one attached hydrogen (secondary N) is 3. The van der Waals surface area contributed by atoms with Gasteiger partial charge >= 0.3 is 0 Å². The summed E-state index contributed by atoms with van der Waals surface area (Å²) in [5.41, 5.74) is 7.63. The van der Waals surface area contributed by atoms with E-state index in [1.54, 1.807) is 18.6 Å². The molecule has 6 rings (SSSR count). The Morgan fingerprint density at radius 1 is 1.05 bits per heavy atom. The number of aromatic nitrogens is 6. The number of anilines is 1. The number of carbonyl (C=O) groups excluding carboxylic acids is 1. The van der Waals surface area contributed by atoms with Crippen molar-refractivity contribution in [3.8, 4) is 22.6 Å². The van der Waals surface area contributed by atoms with Crippen molar-refractivity contribution in [1.29, 1.82) is 0 Å². The Kier molecular flexibility index (Phi) is 6.85. The van der Waals surface area contributed by atoms with Crippen LogP contribution in [0.3, 0.4) is 0 Å². The monoisotopic (exact) mass is 492 g/mol. The van der Waals surface area contributed by atoms with Crippen LogP contribution >= 0.6 is 0 Å². The first-order valence-corrected chi connectivity index (χ1v) is 12.5. The number of amides is 1. The zero-order valence-electron chi connectivity index (χ0n) is 21.0. The molecule has 0 radical (unpaired) electrons. The van der Waals surface area contributed by atoms with Crippen LogP contribution in [0.15, 0.2) is 66.0 Å². The highest BCUT2D eigenvalue weighted by molar-refractivity contribution is 6.12. The number of hydrogen-bond donors (Lipinski definition) is 3. The molecule has 0 atom stereocenters. The van der Waals surface area contributed by atoms with Gasteiger partial charge in [-0.25, -0.2) is 4.98 Å². The predicted molar refractivity (Wildman–Crippen MR) is 146 cm³/mol. The first-order chi connectivity index (χ1) is 18.2. The third-order valence-corrected chi connectivity index (χ3v) is 6.01. The van der Waals surface area contributed by atoms with E-state index in [0.717, 1.165) is 56.9 Å². The van der Waals surface area contributed by atoms with Gasteiger partial charge in [-0.1, -0.05) is 32.9 Å². The summed E-state index contributed by atoms with van der Waals surface area (Å²) in [7, 11) is 0. The van der Waals surface area contributed by atoms with E-state index in [4.69, 9.17) is 9.98 Å². The van der Waals surface area contributed by atoms with Crippen molar-refractivity contribution >= 4 is 28.2 Å². The normalized spacial score (nSPS) is 12.4. The van der Waals surface area contributed by atoms with Crippen LogP contribution in [0.4, 0.5) is 5.69 Å². The molecule has 1 amide bonds. The highest BCUT2D eigenvalue weighted by atomic mass is 16.1. The molecule has 1 aliphatic rings. The van der Waals surface area contributed by atoms with Crippen LogP contribution in [0.2, 0.25) is 0 Å². The highest BCUT2D eigenvalue weighted by Crippen LogP contribution is 2.31. The summed E-state index contributed by atoms with van der Waals surface area (Å²) < 4.78 is 0. The summed E-state index contributed by atoms with van der Waals surface area (Å²) >= 11 is 0. The van der Waals surface area contributed by atoms with Gasteiger partial charge in [0.1, 0.15) is 17.1 Å². The molecule has 5 aromatic rings. The van der Waals surface area contributed by atoms with Gasteiger partial charge < -0.3 is 10.3 Å². The van der Waals surface area contributed by atoms with E-state index in [0.29, 0.717) is 24.5 Å². The average molecular weight is 493 g/mol. The zero-order valence-corrected chi connectivity index (χ0v) is 21.0. The predicted octanol–water partition coefficient (Wildman–Crippen LogP) is 5.18. The summed E-state index contributed by atoms with van der Waals surface area (Å²) in [6.45, 7) is 6.50. The molecule has 0 bridgehead atoms. The van der Waals surface area contributed by atoms with Crippen LogP contribution in [0.1, 0.15) is 44.3 Å². The van der Waals surface area contributed by atoms with Crippen LogP contribution in [0.5, 0.6) is 0 Å². The number of rotatable bonds is 5. The average Bonchev–Trinajstić information content (AvgIpc) is 3.58. The number of nitrogens with zero attached hydrogens (tertiary/aromatic N) is 5. The van der Waals surface area contributed by atoms with Gasteiger partial charge in [0.25, 0.3) is 0 Å². The molecule has 9 nitrogen and oxygen atoms in total. The Morgan fingerprint density at radius 2 is 1.95 bits per heavy atom. The number of benzene rings is 1. The smallest absolute Gasteiger partial charge is 0.224 e. The van der Waals surface area contributed by atoms with Crippen LogP contribution in [0, 0.1) is 0 Å². The zero-order chi connectivity index (χ0) is 25.8. The first-order valence-electron chi connectivity index (χ1n) is 12.5. The third-order valence-electron chi connectivity index (χ3n) is 6.01. The quantitative estimate of drug-likeness (QED) is 0.312. The summed E-state index contributed by atoms with van der Waals surface area (Å²) in [4.78, 5) is 33.6. The number of imidazole rings is 1. The first kappa shape index (κ1) is 24.1. The Labute approximate surface area is 214 Å². The van der Waals surface area contributed by atoms with Crippen LogP contribution in [0.25, 0.3) is 33.5 Å². The molecule has 0 saturated carbocycles. The van der Waals surface area contributed by atoms with E-state index in [1.165, 1.54) is 0 Å². The Hall–Kier alpha value is -4.66. The number of aromatic amines is 2. The molecule has 0 unspecified atom stereocenters. The molecule has 1 aromatic carbocycles. The maximum atomic E-state index is 11.8. The van der Waals surface area contributed by atoms with Crippen molar-refractivity contribution < 1.29 is 4.79 Å². The second-order valence-corrected chi connectivity index (χ2v) is 8.30. The van der Waals surface area contributed by atoms with Gasteiger partial charge in [-0.05, 0) is 35.9 Å². The van der Waals surface area contributed by atoms with Gasteiger partial charge in [0.2, 0.25) is 5.91 Å². The Morgan fingerprint density at radius 3 is 2.76 bits per heavy atom. The van der Waals surface area contributed by atoms with Crippen molar-refractivity contribution in [3.63, 3.8) is 0 Å². The van der Waals surface area contributed by atoms with Gasteiger partial charge in [0, 0.05) is 48.4 Å². The summed E-state index contributed by atoms with van der Waals surface area (Å²) in [6.07, 6.45) is 6.39. The lowest BCUT2D eigenvalue weighted by atomic mass is 10.0. The van der Waals surface area contributed by atoms with Crippen LogP contribution in [-0.4, -0.2) is 48.3 Å². The lowest BCUT2D eigenvalue weighted by Crippen LogP contribution is -2.15. The van der Waals surface area contributed by atoms with E-state index in [9.17, 15) is 4.79 Å². The molecule has 37 heavy (non-hydrogen) atoms. The van der Waals surface area contributed by atoms with E-state index in [1.807, 2.05) is 57.2 Å². The fourth-order valence-electron chi connectivity index (χ4n) is 4.25. The fourth-order valence-corrected chi connectivity index (χ4v) is 4.25. The standard InChI is InChI=1S/C26H22N8O.C2H6/c1-2-22(35)30-17-11-16(13-27-14-17)15-6-7-19-18(12-15)23(34-33-19)26-31-21-8-10-29-24(25(21)32-26)20-5-3-4-9-28-20;1-2/h3-7,9,11-14H,2,8,10H2,1H3,(H,30,35)(H,31,32)(H,33,34);1-2H3. The molecule has 4 aromatic heterocycles. The molecule has 0 spiro atoms.